The molecule has 1 aliphatic rings. The molecule has 0 radical (unpaired) electrons. The van der Waals surface area contributed by atoms with Gasteiger partial charge in [0.1, 0.15) is 0 Å². The topological polar surface area (TPSA) is 62.3 Å². The van der Waals surface area contributed by atoms with Gasteiger partial charge in [-0.1, -0.05) is 6.07 Å². The van der Waals surface area contributed by atoms with Gasteiger partial charge in [-0.15, -0.1) is 11.3 Å². The van der Waals surface area contributed by atoms with Gasteiger partial charge >= 0.3 is 0 Å². The number of thiophene rings is 1. The molecule has 0 aromatic carbocycles. The van der Waals surface area contributed by atoms with Gasteiger partial charge in [-0.2, -0.15) is 0 Å². The van der Waals surface area contributed by atoms with E-state index in [1.54, 1.807) is 35.9 Å². The van der Waals surface area contributed by atoms with Crippen LogP contribution >= 0.6 is 11.3 Å². The van der Waals surface area contributed by atoms with E-state index in [0.717, 1.165) is 17.7 Å². The molecule has 2 amide bonds. The van der Waals surface area contributed by atoms with Gasteiger partial charge in [0.15, 0.2) is 0 Å². The molecule has 5 nitrogen and oxygen atoms in total. The minimum atomic E-state index is 0.0152. The molecular formula is C17H19N3O2S. The second-order valence-corrected chi connectivity index (χ2v) is 6.66. The second-order valence-electron chi connectivity index (χ2n) is 5.63. The van der Waals surface area contributed by atoms with E-state index < -0.39 is 0 Å². The summed E-state index contributed by atoms with van der Waals surface area (Å²) in [6.45, 7) is 1.33. The molecule has 2 aromatic heterocycles. The monoisotopic (exact) mass is 329 g/mol. The van der Waals surface area contributed by atoms with E-state index in [-0.39, 0.29) is 17.9 Å². The molecule has 3 rings (SSSR count). The van der Waals surface area contributed by atoms with Crippen LogP contribution in [0.2, 0.25) is 0 Å². The molecule has 0 bridgehead atoms. The number of hydrogen-bond acceptors (Lipinski definition) is 4. The molecule has 0 saturated carbocycles. The minimum absolute atomic E-state index is 0.0152. The first-order valence-corrected chi connectivity index (χ1v) is 8.61. The van der Waals surface area contributed by atoms with Crippen LogP contribution in [-0.4, -0.2) is 40.8 Å². The standard InChI is InChI=1S/C17H19N3O2S/c21-16(11-15-4-2-10-23-15)19-14-5-8-20(9-6-14)17(22)13-3-1-7-18-12-13/h1-4,7,10,12,14H,5-6,8-9,11H2,(H,19,21). The highest BCUT2D eigenvalue weighted by molar-refractivity contribution is 7.10. The fraction of sp³-hybridized carbons (Fsp3) is 0.353. The van der Waals surface area contributed by atoms with Gasteiger partial charge < -0.3 is 10.2 Å². The van der Waals surface area contributed by atoms with Crippen molar-refractivity contribution in [1.82, 2.24) is 15.2 Å². The average Bonchev–Trinajstić information content (AvgIpc) is 3.08. The summed E-state index contributed by atoms with van der Waals surface area (Å²) in [7, 11) is 0. The van der Waals surface area contributed by atoms with Crippen LogP contribution in [0.5, 0.6) is 0 Å². The predicted molar refractivity (Wildman–Crippen MR) is 89.3 cm³/mol. The molecule has 120 valence electrons. The lowest BCUT2D eigenvalue weighted by Gasteiger charge is -2.32. The number of carbonyl (C=O) groups excluding carboxylic acids is 2. The van der Waals surface area contributed by atoms with E-state index in [9.17, 15) is 9.59 Å². The lowest BCUT2D eigenvalue weighted by Crippen LogP contribution is -2.46. The molecule has 6 heteroatoms. The molecule has 2 aromatic rings. The van der Waals surface area contributed by atoms with Crippen molar-refractivity contribution in [3.05, 3.63) is 52.5 Å². The molecule has 0 spiro atoms. The van der Waals surface area contributed by atoms with Gasteiger partial charge in [0, 0.05) is 36.4 Å². The van der Waals surface area contributed by atoms with Gasteiger partial charge in [0.05, 0.1) is 12.0 Å². The number of carbonyl (C=O) groups is 2. The van der Waals surface area contributed by atoms with Gasteiger partial charge in [-0.25, -0.2) is 0 Å². The quantitative estimate of drug-likeness (QED) is 0.934. The molecule has 3 heterocycles. The fourth-order valence-corrected chi connectivity index (χ4v) is 3.45. The van der Waals surface area contributed by atoms with Crippen LogP contribution in [0, 0.1) is 0 Å². The van der Waals surface area contributed by atoms with E-state index >= 15 is 0 Å². The number of pyridine rings is 1. The molecule has 1 saturated heterocycles. The van der Waals surface area contributed by atoms with Crippen LogP contribution in [0.15, 0.2) is 42.0 Å². The summed E-state index contributed by atoms with van der Waals surface area (Å²) in [5.74, 6) is 0.0750. The maximum Gasteiger partial charge on any atom is 0.255 e. The van der Waals surface area contributed by atoms with Gasteiger partial charge in [-0.05, 0) is 36.4 Å². The first-order valence-electron chi connectivity index (χ1n) is 7.73. The molecule has 0 aliphatic carbocycles. The Bertz CT molecular complexity index is 650. The summed E-state index contributed by atoms with van der Waals surface area (Å²) in [5, 5.41) is 5.05. The summed E-state index contributed by atoms with van der Waals surface area (Å²) >= 11 is 1.60. The second kappa shape index (κ2) is 7.37. The predicted octanol–water partition coefficient (Wildman–Crippen LogP) is 2.11. The normalized spacial score (nSPS) is 15.4. The van der Waals surface area contributed by atoms with E-state index in [2.05, 4.69) is 10.3 Å². The molecule has 1 aliphatic heterocycles. The third-order valence-corrected chi connectivity index (χ3v) is 4.85. The van der Waals surface area contributed by atoms with Gasteiger partial charge in [0.2, 0.25) is 5.91 Å². The summed E-state index contributed by atoms with van der Waals surface area (Å²) in [6.07, 6.45) is 5.28. The minimum Gasteiger partial charge on any atom is -0.353 e. The number of nitrogens with one attached hydrogen (secondary N) is 1. The Hall–Kier alpha value is -2.21. The number of piperidine rings is 1. The Morgan fingerprint density at radius 1 is 1.26 bits per heavy atom. The van der Waals surface area contributed by atoms with E-state index in [0.29, 0.717) is 25.1 Å². The number of likely N-dealkylation sites (tertiary alicyclic amines) is 1. The van der Waals surface area contributed by atoms with Crippen molar-refractivity contribution in [2.45, 2.75) is 25.3 Å². The molecule has 23 heavy (non-hydrogen) atoms. The Morgan fingerprint density at radius 3 is 2.74 bits per heavy atom. The highest BCUT2D eigenvalue weighted by Crippen LogP contribution is 2.14. The summed E-state index contributed by atoms with van der Waals surface area (Å²) in [6, 6.07) is 7.63. The zero-order chi connectivity index (χ0) is 16.1. The van der Waals surface area contributed by atoms with Crippen LogP contribution < -0.4 is 5.32 Å². The van der Waals surface area contributed by atoms with E-state index in [4.69, 9.17) is 0 Å². The van der Waals surface area contributed by atoms with Crippen molar-refractivity contribution in [3.8, 4) is 0 Å². The summed E-state index contributed by atoms with van der Waals surface area (Å²) in [4.78, 5) is 31.3. The first kappa shape index (κ1) is 15.7. The number of rotatable bonds is 4. The Kier molecular flexibility index (Phi) is 5.02. The molecular weight excluding hydrogens is 310 g/mol. The Balaban J connectivity index is 1.47. The van der Waals surface area contributed by atoms with Crippen LogP contribution in [-0.2, 0) is 11.2 Å². The third kappa shape index (κ3) is 4.16. The number of amides is 2. The van der Waals surface area contributed by atoms with Crippen LogP contribution in [0.4, 0.5) is 0 Å². The molecule has 1 fully saturated rings. The van der Waals surface area contributed by atoms with Crippen molar-refractivity contribution in [3.63, 3.8) is 0 Å². The lowest BCUT2D eigenvalue weighted by molar-refractivity contribution is -0.121. The highest BCUT2D eigenvalue weighted by atomic mass is 32.1. The van der Waals surface area contributed by atoms with E-state index in [1.165, 1.54) is 0 Å². The number of nitrogens with zero attached hydrogens (tertiary/aromatic N) is 2. The van der Waals surface area contributed by atoms with E-state index in [1.807, 2.05) is 22.4 Å². The molecule has 0 unspecified atom stereocenters. The van der Waals surface area contributed by atoms with Crippen LogP contribution in [0.1, 0.15) is 28.1 Å². The van der Waals surface area contributed by atoms with Crippen molar-refractivity contribution < 1.29 is 9.59 Å². The maximum atomic E-state index is 12.3. The zero-order valence-electron chi connectivity index (χ0n) is 12.8. The lowest BCUT2D eigenvalue weighted by atomic mass is 10.0. The largest absolute Gasteiger partial charge is 0.353 e. The number of hydrogen-bond donors (Lipinski definition) is 1. The molecule has 0 atom stereocenters. The highest BCUT2D eigenvalue weighted by Gasteiger charge is 2.24. The Labute approximate surface area is 139 Å². The van der Waals surface area contributed by atoms with Crippen molar-refractivity contribution in [2.75, 3.05) is 13.1 Å². The van der Waals surface area contributed by atoms with Crippen molar-refractivity contribution in [2.24, 2.45) is 0 Å². The van der Waals surface area contributed by atoms with Crippen LogP contribution in [0.25, 0.3) is 0 Å². The maximum absolute atomic E-state index is 12.3. The average molecular weight is 329 g/mol. The fourth-order valence-electron chi connectivity index (χ4n) is 2.75. The van der Waals surface area contributed by atoms with Gasteiger partial charge in [-0.3, -0.25) is 14.6 Å². The third-order valence-electron chi connectivity index (χ3n) is 3.97. The van der Waals surface area contributed by atoms with Crippen LogP contribution in [0.3, 0.4) is 0 Å². The van der Waals surface area contributed by atoms with Crippen molar-refractivity contribution >= 4 is 23.2 Å². The number of aromatic nitrogens is 1. The SMILES string of the molecule is O=C(Cc1cccs1)NC1CCN(C(=O)c2cccnc2)CC1. The van der Waals surface area contributed by atoms with Crippen molar-refractivity contribution in [1.29, 1.82) is 0 Å². The summed E-state index contributed by atoms with van der Waals surface area (Å²) < 4.78 is 0. The van der Waals surface area contributed by atoms with Gasteiger partial charge in [0.25, 0.3) is 5.91 Å². The summed E-state index contributed by atoms with van der Waals surface area (Å²) in [5.41, 5.74) is 0.618. The smallest absolute Gasteiger partial charge is 0.255 e. The molecule has 1 N–H and O–H groups in total. The first-order chi connectivity index (χ1) is 11.2. The zero-order valence-corrected chi connectivity index (χ0v) is 13.6. The Morgan fingerprint density at radius 2 is 2.09 bits per heavy atom.